The lowest BCUT2D eigenvalue weighted by Crippen LogP contribution is -2.14. The minimum absolute atomic E-state index is 0.282. The van der Waals surface area contributed by atoms with Crippen LogP contribution in [0.25, 0.3) is 5.65 Å². The molecule has 0 aliphatic heterocycles. The van der Waals surface area contributed by atoms with Crippen LogP contribution in [-0.2, 0) is 0 Å². The maximum Gasteiger partial charge on any atom is 0.349 e. The smallest absolute Gasteiger partial charge is 0.349 e. The van der Waals surface area contributed by atoms with Crippen molar-refractivity contribution >= 4 is 11.5 Å². The molecule has 0 amide bonds. The molecule has 0 bridgehead atoms. The number of aliphatic hydroxyl groups excluding tert-OH is 1. The lowest BCUT2D eigenvalue weighted by atomic mass is 10.2. The molecule has 7 nitrogen and oxygen atoms in total. The Kier molecular flexibility index (Phi) is 3.61. The number of H-pyrrole nitrogens is 1. The number of anilines is 1. The third-order valence-electron chi connectivity index (χ3n) is 2.67. The van der Waals surface area contributed by atoms with E-state index in [0.29, 0.717) is 17.3 Å². The normalized spacial score (nSPS) is 12.8. The van der Waals surface area contributed by atoms with Gasteiger partial charge in [0.2, 0.25) is 0 Å². The van der Waals surface area contributed by atoms with Crippen molar-refractivity contribution in [2.45, 2.75) is 32.8 Å². The Labute approximate surface area is 104 Å². The number of fused-ring (bicyclic) bond motifs is 1. The van der Waals surface area contributed by atoms with Crippen LogP contribution in [0, 0.1) is 6.92 Å². The first kappa shape index (κ1) is 12.6. The first-order chi connectivity index (χ1) is 8.58. The quantitative estimate of drug-likeness (QED) is 0.664. The molecule has 0 saturated carbocycles. The van der Waals surface area contributed by atoms with E-state index in [0.717, 1.165) is 19.4 Å². The summed E-state index contributed by atoms with van der Waals surface area (Å²) in [5.74, 6) is 1.27. The van der Waals surface area contributed by atoms with Gasteiger partial charge in [0.1, 0.15) is 11.6 Å². The number of aryl methyl sites for hydroxylation is 1. The second kappa shape index (κ2) is 5.18. The molecule has 2 aromatic heterocycles. The van der Waals surface area contributed by atoms with Crippen molar-refractivity contribution in [3.63, 3.8) is 0 Å². The molecule has 0 aliphatic rings. The van der Waals surface area contributed by atoms with E-state index < -0.39 is 0 Å². The van der Waals surface area contributed by atoms with Gasteiger partial charge in [-0.25, -0.2) is 19.3 Å². The number of aromatic amines is 1. The van der Waals surface area contributed by atoms with Crippen LogP contribution in [0.15, 0.2) is 10.9 Å². The van der Waals surface area contributed by atoms with E-state index in [4.69, 9.17) is 5.11 Å². The van der Waals surface area contributed by atoms with E-state index in [2.05, 4.69) is 20.5 Å². The Bertz CT molecular complexity index is 587. The molecule has 3 N–H and O–H groups in total. The molecule has 0 aromatic carbocycles. The van der Waals surface area contributed by atoms with Gasteiger partial charge in [0.15, 0.2) is 5.65 Å². The second-order valence-corrected chi connectivity index (χ2v) is 4.33. The predicted octanol–water partition coefficient (Wildman–Crippen LogP) is 0.299. The van der Waals surface area contributed by atoms with Crippen molar-refractivity contribution in [3.8, 4) is 0 Å². The summed E-state index contributed by atoms with van der Waals surface area (Å²) in [6.07, 6.45) is 1.32. The van der Waals surface area contributed by atoms with E-state index in [1.54, 1.807) is 19.9 Å². The Morgan fingerprint density at radius 2 is 2.39 bits per heavy atom. The van der Waals surface area contributed by atoms with Crippen molar-refractivity contribution in [3.05, 3.63) is 22.4 Å². The summed E-state index contributed by atoms with van der Waals surface area (Å²) >= 11 is 0. The van der Waals surface area contributed by atoms with Crippen LogP contribution in [0.3, 0.4) is 0 Å². The van der Waals surface area contributed by atoms with Crippen LogP contribution in [0.4, 0.5) is 5.82 Å². The molecule has 0 fully saturated rings. The fraction of sp³-hybridized carbons (Fsp3) is 0.545. The van der Waals surface area contributed by atoms with Crippen molar-refractivity contribution in [2.24, 2.45) is 0 Å². The number of rotatable bonds is 5. The maximum atomic E-state index is 11.4. The number of nitrogens with zero attached hydrogens (tertiary/aromatic N) is 3. The fourth-order valence-corrected chi connectivity index (χ4v) is 1.80. The summed E-state index contributed by atoms with van der Waals surface area (Å²) in [6.45, 7) is 4.25. The van der Waals surface area contributed by atoms with E-state index in [-0.39, 0.29) is 11.8 Å². The van der Waals surface area contributed by atoms with Crippen LogP contribution >= 0.6 is 0 Å². The highest BCUT2D eigenvalue weighted by molar-refractivity contribution is 5.49. The first-order valence-electron chi connectivity index (χ1n) is 5.94. The Morgan fingerprint density at radius 1 is 1.61 bits per heavy atom. The first-order valence-corrected chi connectivity index (χ1v) is 5.94. The van der Waals surface area contributed by atoms with E-state index >= 15 is 0 Å². The lowest BCUT2D eigenvalue weighted by molar-refractivity contribution is 0.183. The number of nitrogens with one attached hydrogen (secondary N) is 2. The number of aliphatic hydroxyl groups is 1. The Balaban J connectivity index is 2.08. The minimum Gasteiger partial charge on any atom is -0.393 e. The molecule has 0 saturated heterocycles. The minimum atomic E-state index is -0.283. The van der Waals surface area contributed by atoms with Gasteiger partial charge in [-0.3, -0.25) is 0 Å². The zero-order chi connectivity index (χ0) is 13.1. The molecule has 18 heavy (non-hydrogen) atoms. The van der Waals surface area contributed by atoms with Crippen molar-refractivity contribution in [1.82, 2.24) is 19.6 Å². The van der Waals surface area contributed by atoms with Gasteiger partial charge in [-0.2, -0.15) is 5.10 Å². The van der Waals surface area contributed by atoms with Gasteiger partial charge in [-0.05, 0) is 26.7 Å². The SMILES string of the molecule is Cc1nc(NCCCC(C)O)cc2n[nH]c(=O)n12. The molecule has 2 heterocycles. The summed E-state index contributed by atoms with van der Waals surface area (Å²) in [7, 11) is 0. The standard InChI is InChI=1S/C11H17N5O2/c1-7(17)4-3-5-12-9-6-10-14-15-11(18)16(10)8(2)13-9/h6-7,12,17H,3-5H2,1-2H3,(H,15,18). The molecule has 7 heteroatoms. The van der Waals surface area contributed by atoms with E-state index in [1.165, 1.54) is 4.40 Å². The van der Waals surface area contributed by atoms with Crippen LogP contribution in [0.1, 0.15) is 25.6 Å². The molecular weight excluding hydrogens is 234 g/mol. The van der Waals surface area contributed by atoms with E-state index in [1.807, 2.05) is 0 Å². The molecule has 1 atom stereocenters. The largest absolute Gasteiger partial charge is 0.393 e. The maximum absolute atomic E-state index is 11.4. The van der Waals surface area contributed by atoms with Crippen LogP contribution in [-0.4, -0.2) is 37.3 Å². The number of hydrogen-bond acceptors (Lipinski definition) is 5. The van der Waals surface area contributed by atoms with Gasteiger partial charge >= 0.3 is 5.69 Å². The van der Waals surface area contributed by atoms with Crippen LogP contribution < -0.4 is 11.0 Å². The molecule has 2 rings (SSSR count). The molecule has 98 valence electrons. The zero-order valence-corrected chi connectivity index (χ0v) is 10.5. The second-order valence-electron chi connectivity index (χ2n) is 4.33. The van der Waals surface area contributed by atoms with Crippen molar-refractivity contribution < 1.29 is 5.11 Å². The average Bonchev–Trinajstić information content (AvgIpc) is 2.67. The third kappa shape index (κ3) is 2.67. The molecule has 0 aliphatic carbocycles. The van der Waals surface area contributed by atoms with Crippen molar-refractivity contribution in [2.75, 3.05) is 11.9 Å². The van der Waals surface area contributed by atoms with E-state index in [9.17, 15) is 4.79 Å². The monoisotopic (exact) mass is 251 g/mol. The summed E-state index contributed by atoms with van der Waals surface area (Å²) in [5, 5.41) is 18.6. The van der Waals surface area contributed by atoms with Gasteiger partial charge in [-0.1, -0.05) is 0 Å². The molecule has 0 radical (unpaired) electrons. The van der Waals surface area contributed by atoms with Gasteiger partial charge in [-0.15, -0.1) is 0 Å². The molecular formula is C11H17N5O2. The molecule has 1 unspecified atom stereocenters. The zero-order valence-electron chi connectivity index (χ0n) is 10.5. The summed E-state index contributed by atoms with van der Waals surface area (Å²) in [4.78, 5) is 15.7. The third-order valence-corrected chi connectivity index (χ3v) is 2.67. The average molecular weight is 251 g/mol. The van der Waals surface area contributed by atoms with Gasteiger partial charge in [0.05, 0.1) is 6.10 Å². The highest BCUT2D eigenvalue weighted by Gasteiger charge is 2.06. The number of aromatic nitrogens is 4. The van der Waals surface area contributed by atoms with Gasteiger partial charge in [0.25, 0.3) is 0 Å². The van der Waals surface area contributed by atoms with Gasteiger partial charge < -0.3 is 10.4 Å². The van der Waals surface area contributed by atoms with Crippen LogP contribution in [0.2, 0.25) is 0 Å². The fourth-order valence-electron chi connectivity index (χ4n) is 1.80. The van der Waals surface area contributed by atoms with Crippen molar-refractivity contribution in [1.29, 1.82) is 0 Å². The Hall–Kier alpha value is -1.89. The highest BCUT2D eigenvalue weighted by atomic mass is 16.3. The van der Waals surface area contributed by atoms with Gasteiger partial charge in [0, 0.05) is 12.6 Å². The van der Waals surface area contributed by atoms with Crippen LogP contribution in [0.5, 0.6) is 0 Å². The predicted molar refractivity (Wildman–Crippen MR) is 67.7 cm³/mol. The Morgan fingerprint density at radius 3 is 3.11 bits per heavy atom. The molecule has 2 aromatic rings. The summed E-state index contributed by atoms with van der Waals surface area (Å²) in [5.41, 5.74) is 0.265. The summed E-state index contributed by atoms with van der Waals surface area (Å²) in [6, 6.07) is 1.72. The summed E-state index contributed by atoms with van der Waals surface area (Å²) < 4.78 is 1.42. The highest BCUT2D eigenvalue weighted by Crippen LogP contribution is 2.08. The lowest BCUT2D eigenvalue weighted by Gasteiger charge is -2.08. The number of hydrogen-bond donors (Lipinski definition) is 3. The topological polar surface area (TPSA) is 95.3 Å². The molecule has 0 spiro atoms.